The lowest BCUT2D eigenvalue weighted by Crippen LogP contribution is -2.41. The summed E-state index contributed by atoms with van der Waals surface area (Å²) in [6.07, 6.45) is 4.40. The van der Waals surface area contributed by atoms with Crippen LogP contribution in [0.5, 0.6) is 0 Å². The highest BCUT2D eigenvalue weighted by molar-refractivity contribution is 6.01. The lowest BCUT2D eigenvalue weighted by atomic mass is 9.99. The summed E-state index contributed by atoms with van der Waals surface area (Å²) in [7, 11) is 0. The third kappa shape index (κ3) is 7.08. The van der Waals surface area contributed by atoms with E-state index in [0.29, 0.717) is 11.3 Å². The van der Waals surface area contributed by atoms with E-state index in [9.17, 15) is 19.5 Å². The van der Waals surface area contributed by atoms with Gasteiger partial charge in [-0.25, -0.2) is 24.5 Å². The van der Waals surface area contributed by atoms with Gasteiger partial charge in [0.25, 0.3) is 0 Å². The van der Waals surface area contributed by atoms with Gasteiger partial charge in [0.1, 0.15) is 18.5 Å². The van der Waals surface area contributed by atoms with E-state index in [4.69, 9.17) is 4.74 Å². The van der Waals surface area contributed by atoms with Crippen LogP contribution < -0.4 is 5.32 Å². The van der Waals surface area contributed by atoms with Crippen molar-refractivity contribution in [2.24, 2.45) is 0 Å². The van der Waals surface area contributed by atoms with E-state index < -0.39 is 30.1 Å². The molecule has 0 aliphatic carbocycles. The van der Waals surface area contributed by atoms with Crippen LogP contribution in [0.1, 0.15) is 49.4 Å². The summed E-state index contributed by atoms with van der Waals surface area (Å²) in [6, 6.07) is 10.9. The topological polar surface area (TPSA) is 135 Å². The second kappa shape index (κ2) is 11.4. The first-order chi connectivity index (χ1) is 17.1. The Balaban J connectivity index is 1.88. The molecule has 0 unspecified atom stereocenters. The van der Waals surface area contributed by atoms with Gasteiger partial charge in [0, 0.05) is 18.0 Å². The van der Waals surface area contributed by atoms with Gasteiger partial charge in [0.15, 0.2) is 5.69 Å². The van der Waals surface area contributed by atoms with Crippen molar-refractivity contribution in [3.8, 4) is 11.1 Å². The molecule has 0 bridgehead atoms. The zero-order valence-electron chi connectivity index (χ0n) is 20.7. The Kier molecular flexibility index (Phi) is 8.31. The number of hydrogen-bond acceptors (Lipinski definition) is 7. The second-order valence-corrected chi connectivity index (χ2v) is 9.02. The number of aromatic nitrogens is 3. The molecule has 0 saturated carbocycles. The molecule has 1 aromatic carbocycles. The predicted molar refractivity (Wildman–Crippen MR) is 133 cm³/mol. The fourth-order valence-electron chi connectivity index (χ4n) is 3.47. The van der Waals surface area contributed by atoms with Gasteiger partial charge in [-0.3, -0.25) is 9.69 Å². The molecule has 10 heteroatoms. The van der Waals surface area contributed by atoms with Gasteiger partial charge >= 0.3 is 12.1 Å². The number of rotatable bonds is 8. The number of carboxylic acids is 1. The quantitative estimate of drug-likeness (QED) is 0.479. The number of amides is 2. The van der Waals surface area contributed by atoms with Crippen LogP contribution in [0.25, 0.3) is 11.1 Å². The highest BCUT2D eigenvalue weighted by atomic mass is 16.6. The van der Waals surface area contributed by atoms with E-state index in [0.717, 1.165) is 17.5 Å². The van der Waals surface area contributed by atoms with Crippen LogP contribution in [-0.2, 0) is 22.5 Å². The summed E-state index contributed by atoms with van der Waals surface area (Å²) in [5, 5.41) is 12.2. The Hall–Kier alpha value is -4.34. The Bertz CT molecular complexity index is 1240. The van der Waals surface area contributed by atoms with Crippen molar-refractivity contribution in [2.75, 3.05) is 11.9 Å². The summed E-state index contributed by atoms with van der Waals surface area (Å²) in [4.78, 5) is 50.8. The number of hydrogen-bond donors (Lipinski definition) is 2. The molecule has 0 saturated heterocycles. The first kappa shape index (κ1) is 26.3. The predicted octanol–water partition coefficient (Wildman–Crippen LogP) is 4.18. The third-order valence-corrected chi connectivity index (χ3v) is 5.06. The summed E-state index contributed by atoms with van der Waals surface area (Å²) in [5.74, 6) is -1.90. The number of benzene rings is 1. The van der Waals surface area contributed by atoms with Crippen LogP contribution in [0.2, 0.25) is 0 Å². The maximum Gasteiger partial charge on any atom is 0.411 e. The summed E-state index contributed by atoms with van der Waals surface area (Å²) < 4.78 is 5.44. The molecule has 2 aromatic heterocycles. The normalized spacial score (nSPS) is 11.0. The molecule has 0 fully saturated rings. The number of carboxylic acid groups (broad SMARTS) is 1. The average molecular weight is 492 g/mol. The number of aromatic carboxylic acids is 1. The van der Waals surface area contributed by atoms with E-state index in [1.807, 2.05) is 31.2 Å². The Labute approximate surface area is 209 Å². The molecular weight excluding hydrogens is 462 g/mol. The number of ether oxygens (including phenoxy) is 1. The van der Waals surface area contributed by atoms with E-state index in [-0.39, 0.29) is 17.9 Å². The highest BCUT2D eigenvalue weighted by Crippen LogP contribution is 2.27. The van der Waals surface area contributed by atoms with Crippen LogP contribution in [-0.4, -0.2) is 55.1 Å². The van der Waals surface area contributed by atoms with Crippen LogP contribution in [0.3, 0.4) is 0 Å². The fraction of sp³-hybridized carbons (Fsp3) is 0.308. The first-order valence-electron chi connectivity index (χ1n) is 11.4. The molecule has 0 aliphatic heterocycles. The molecule has 10 nitrogen and oxygen atoms in total. The van der Waals surface area contributed by atoms with Gasteiger partial charge in [-0.1, -0.05) is 31.2 Å². The molecule has 0 atom stereocenters. The number of carbonyl (C=O) groups is 3. The largest absolute Gasteiger partial charge is 0.476 e. The Morgan fingerprint density at radius 1 is 1.11 bits per heavy atom. The van der Waals surface area contributed by atoms with Gasteiger partial charge in [-0.15, -0.1) is 0 Å². The molecule has 0 aliphatic rings. The van der Waals surface area contributed by atoms with Crippen molar-refractivity contribution in [3.63, 3.8) is 0 Å². The molecule has 188 valence electrons. The van der Waals surface area contributed by atoms with Gasteiger partial charge in [0.2, 0.25) is 5.91 Å². The lowest BCUT2D eigenvalue weighted by Gasteiger charge is -2.27. The zero-order chi connectivity index (χ0) is 26.3. The van der Waals surface area contributed by atoms with Crippen molar-refractivity contribution >= 4 is 23.7 Å². The van der Waals surface area contributed by atoms with Gasteiger partial charge in [0.05, 0.1) is 17.9 Å². The van der Waals surface area contributed by atoms with Crippen molar-refractivity contribution in [1.82, 2.24) is 19.9 Å². The van der Waals surface area contributed by atoms with E-state index in [2.05, 4.69) is 20.3 Å². The van der Waals surface area contributed by atoms with Crippen LogP contribution >= 0.6 is 0 Å². The van der Waals surface area contributed by atoms with Crippen molar-refractivity contribution in [3.05, 3.63) is 72.1 Å². The van der Waals surface area contributed by atoms with Gasteiger partial charge in [-0.2, -0.15) is 0 Å². The lowest BCUT2D eigenvalue weighted by molar-refractivity contribution is -0.117. The summed E-state index contributed by atoms with van der Waals surface area (Å²) in [6.45, 7) is 6.78. The third-order valence-electron chi connectivity index (χ3n) is 5.06. The number of nitrogens with zero attached hydrogens (tertiary/aromatic N) is 4. The SMILES string of the molecule is CCc1ccccc1-c1cnc(C(=O)O)c(NC(=O)CN(Cc2ccncn2)C(=O)OC(C)(C)C)c1. The van der Waals surface area contributed by atoms with Gasteiger partial charge in [-0.05, 0) is 50.5 Å². The Morgan fingerprint density at radius 2 is 1.86 bits per heavy atom. The number of nitrogens with one attached hydrogen (secondary N) is 1. The zero-order valence-corrected chi connectivity index (χ0v) is 20.7. The standard InChI is InChI=1S/C26H29N5O5/c1-5-17-8-6-7-9-20(17)18-12-21(23(24(33)34)28-13-18)30-22(32)15-31(25(35)36-26(2,3)4)14-19-10-11-27-16-29-19/h6-13,16H,5,14-15H2,1-4H3,(H,30,32)(H,33,34). The molecule has 0 radical (unpaired) electrons. The molecule has 2 amide bonds. The molecule has 36 heavy (non-hydrogen) atoms. The monoisotopic (exact) mass is 491 g/mol. The minimum atomic E-state index is -1.29. The molecule has 3 aromatic rings. The van der Waals surface area contributed by atoms with Crippen LogP contribution in [0.15, 0.2) is 55.1 Å². The molecule has 2 N–H and O–H groups in total. The fourth-order valence-corrected chi connectivity index (χ4v) is 3.47. The van der Waals surface area contributed by atoms with Crippen LogP contribution in [0, 0.1) is 0 Å². The van der Waals surface area contributed by atoms with E-state index in [1.165, 1.54) is 23.6 Å². The van der Waals surface area contributed by atoms with Crippen molar-refractivity contribution in [2.45, 2.75) is 46.3 Å². The maximum atomic E-state index is 13.0. The van der Waals surface area contributed by atoms with Crippen molar-refractivity contribution < 1.29 is 24.2 Å². The average Bonchev–Trinajstić information content (AvgIpc) is 2.83. The summed E-state index contributed by atoms with van der Waals surface area (Å²) in [5.41, 5.74) is 2.06. The molecular formula is C26H29N5O5. The molecule has 3 rings (SSSR count). The number of aryl methyl sites for hydroxylation is 1. The van der Waals surface area contributed by atoms with Gasteiger partial charge < -0.3 is 15.2 Å². The number of anilines is 1. The first-order valence-corrected chi connectivity index (χ1v) is 11.4. The number of pyridine rings is 1. The molecule has 2 heterocycles. The maximum absolute atomic E-state index is 13.0. The van der Waals surface area contributed by atoms with Crippen LogP contribution in [0.4, 0.5) is 10.5 Å². The second-order valence-electron chi connectivity index (χ2n) is 9.02. The minimum absolute atomic E-state index is 0.00118. The van der Waals surface area contributed by atoms with E-state index >= 15 is 0 Å². The van der Waals surface area contributed by atoms with Crippen molar-refractivity contribution in [1.29, 1.82) is 0 Å². The van der Waals surface area contributed by atoms with E-state index in [1.54, 1.807) is 32.9 Å². The minimum Gasteiger partial charge on any atom is -0.476 e. The Morgan fingerprint density at radius 3 is 2.50 bits per heavy atom. The highest BCUT2D eigenvalue weighted by Gasteiger charge is 2.25. The number of carbonyl (C=O) groups excluding carboxylic acids is 2. The summed E-state index contributed by atoms with van der Waals surface area (Å²) >= 11 is 0. The molecule has 0 spiro atoms. The smallest absolute Gasteiger partial charge is 0.411 e.